The van der Waals surface area contributed by atoms with Crippen LogP contribution in [0.1, 0.15) is 58.4 Å². The lowest BCUT2D eigenvalue weighted by atomic mass is 9.95. The number of anilines is 1. The van der Waals surface area contributed by atoms with E-state index in [1.165, 1.54) is 12.0 Å². The van der Waals surface area contributed by atoms with Gasteiger partial charge in [0.25, 0.3) is 5.78 Å². The van der Waals surface area contributed by atoms with Gasteiger partial charge in [-0.3, -0.25) is 14.5 Å². The second-order valence-electron chi connectivity index (χ2n) is 8.90. The zero-order chi connectivity index (χ0) is 28.3. The number of Topliss-reactive ketones (excluding diaryl/α,β-unsaturated/α-hetero) is 1. The molecule has 1 atom stereocenters. The van der Waals surface area contributed by atoms with Crippen LogP contribution >= 0.6 is 11.3 Å². The molecule has 1 amide bonds. The number of methoxy groups -OCH3 is 1. The summed E-state index contributed by atoms with van der Waals surface area (Å²) in [5.41, 5.74) is 1.99. The highest BCUT2D eigenvalue weighted by atomic mass is 32.1. The molecule has 9 nitrogen and oxygen atoms in total. The molecule has 4 rings (SSSR count). The molecular weight excluding hydrogens is 520 g/mol. The van der Waals surface area contributed by atoms with Crippen LogP contribution in [0.15, 0.2) is 48.0 Å². The molecule has 1 unspecified atom stereocenters. The van der Waals surface area contributed by atoms with Crippen molar-refractivity contribution in [2.24, 2.45) is 0 Å². The fraction of sp³-hybridized carbons (Fsp3) is 0.310. The molecule has 1 aromatic heterocycles. The van der Waals surface area contributed by atoms with Gasteiger partial charge >= 0.3 is 11.9 Å². The van der Waals surface area contributed by atoms with Crippen LogP contribution in [0.3, 0.4) is 0 Å². The first-order valence-corrected chi connectivity index (χ1v) is 13.4. The molecule has 0 spiro atoms. The number of carbonyl (C=O) groups is 3. The molecule has 1 N–H and O–H groups in total. The van der Waals surface area contributed by atoms with Crippen LogP contribution in [0.25, 0.3) is 5.76 Å². The van der Waals surface area contributed by atoms with E-state index in [0.717, 1.165) is 23.3 Å². The first kappa shape index (κ1) is 27.8. The van der Waals surface area contributed by atoms with Gasteiger partial charge in [0.15, 0.2) is 5.13 Å². The minimum atomic E-state index is -0.993. The number of nitrogens with zero attached hydrogens (tertiary/aromatic N) is 2. The van der Waals surface area contributed by atoms with Crippen molar-refractivity contribution in [3.05, 3.63) is 75.3 Å². The van der Waals surface area contributed by atoms with E-state index < -0.39 is 23.7 Å². The molecule has 2 aromatic carbocycles. The number of aromatic nitrogens is 1. The van der Waals surface area contributed by atoms with E-state index in [9.17, 15) is 19.5 Å². The number of rotatable bonds is 9. The summed E-state index contributed by atoms with van der Waals surface area (Å²) in [6.45, 7) is 7.92. The number of aliphatic hydroxyl groups excluding tert-OH is 1. The fourth-order valence-electron chi connectivity index (χ4n) is 4.33. The monoisotopic (exact) mass is 550 g/mol. The van der Waals surface area contributed by atoms with Crippen LogP contribution in [-0.2, 0) is 14.3 Å². The van der Waals surface area contributed by atoms with Crippen molar-refractivity contribution in [3.63, 3.8) is 0 Å². The normalized spacial score (nSPS) is 16.4. The second-order valence-corrected chi connectivity index (χ2v) is 9.88. The standard InChI is InChI=1S/C29H30N2O7S/c1-6-14-38-21-13-10-19(15-16(21)3)24(32)22-23(18-8-11-20(36-5)12-9-18)31(27(34)25(22)33)29-30-17(4)26(39-29)28(35)37-7-2/h8-13,15,23,32H,6-7,14H2,1-5H3/b24-22+. The van der Waals surface area contributed by atoms with E-state index in [2.05, 4.69) is 4.98 Å². The van der Waals surface area contributed by atoms with Gasteiger partial charge in [0.05, 0.1) is 37.6 Å². The summed E-state index contributed by atoms with van der Waals surface area (Å²) in [4.78, 5) is 45.3. The van der Waals surface area contributed by atoms with Crippen molar-refractivity contribution in [1.82, 2.24) is 4.98 Å². The molecule has 1 fully saturated rings. The summed E-state index contributed by atoms with van der Waals surface area (Å²) >= 11 is 0.960. The molecule has 2 heterocycles. The summed E-state index contributed by atoms with van der Waals surface area (Å²) in [5.74, 6) is -1.34. The second kappa shape index (κ2) is 11.7. The molecule has 1 saturated heterocycles. The molecule has 0 aliphatic carbocycles. The van der Waals surface area contributed by atoms with Crippen molar-refractivity contribution in [2.45, 2.75) is 40.2 Å². The van der Waals surface area contributed by atoms with Gasteiger partial charge in [-0.1, -0.05) is 30.4 Å². The van der Waals surface area contributed by atoms with E-state index in [1.807, 2.05) is 13.8 Å². The lowest BCUT2D eigenvalue weighted by Gasteiger charge is -2.23. The molecule has 0 saturated carbocycles. The Morgan fingerprint density at radius 2 is 1.82 bits per heavy atom. The number of amides is 1. The summed E-state index contributed by atoms with van der Waals surface area (Å²) in [5, 5.41) is 11.6. The van der Waals surface area contributed by atoms with Crippen molar-refractivity contribution < 1.29 is 33.7 Å². The average Bonchev–Trinajstić information content (AvgIpc) is 3.44. The van der Waals surface area contributed by atoms with Crippen LogP contribution in [0.5, 0.6) is 11.5 Å². The smallest absolute Gasteiger partial charge is 0.350 e. The minimum absolute atomic E-state index is 0.0858. The predicted octanol–water partition coefficient (Wildman–Crippen LogP) is 5.36. The predicted molar refractivity (Wildman–Crippen MR) is 148 cm³/mol. The van der Waals surface area contributed by atoms with Crippen LogP contribution in [0.4, 0.5) is 5.13 Å². The highest BCUT2D eigenvalue weighted by molar-refractivity contribution is 7.17. The molecule has 3 aromatic rings. The lowest BCUT2D eigenvalue weighted by Crippen LogP contribution is -2.29. The maximum Gasteiger partial charge on any atom is 0.350 e. The SMILES string of the molecule is CCCOc1ccc(/C(O)=C2\C(=O)C(=O)N(c3nc(C)c(C(=O)OCC)s3)C2c2ccc(OC)cc2)cc1C. The third-order valence-electron chi connectivity index (χ3n) is 6.24. The summed E-state index contributed by atoms with van der Waals surface area (Å²) in [6.07, 6.45) is 0.848. The van der Waals surface area contributed by atoms with Gasteiger partial charge in [-0.25, -0.2) is 9.78 Å². The van der Waals surface area contributed by atoms with Crippen molar-refractivity contribution in [2.75, 3.05) is 25.2 Å². The Morgan fingerprint density at radius 3 is 2.44 bits per heavy atom. The van der Waals surface area contributed by atoms with E-state index in [1.54, 1.807) is 56.3 Å². The summed E-state index contributed by atoms with van der Waals surface area (Å²) in [6, 6.07) is 10.9. The number of hydrogen-bond donors (Lipinski definition) is 1. The maximum atomic E-state index is 13.5. The zero-order valence-electron chi connectivity index (χ0n) is 22.4. The Hall–Kier alpha value is -4.18. The van der Waals surface area contributed by atoms with Crippen molar-refractivity contribution >= 4 is 39.9 Å². The molecule has 1 aliphatic rings. The number of benzene rings is 2. The van der Waals surface area contributed by atoms with Crippen LogP contribution in [0, 0.1) is 13.8 Å². The van der Waals surface area contributed by atoms with E-state index >= 15 is 0 Å². The Labute approximate surface area is 230 Å². The number of thiazole rings is 1. The average molecular weight is 551 g/mol. The molecule has 204 valence electrons. The van der Waals surface area contributed by atoms with E-state index in [4.69, 9.17) is 14.2 Å². The zero-order valence-corrected chi connectivity index (χ0v) is 23.3. The van der Waals surface area contributed by atoms with E-state index in [-0.39, 0.29) is 27.9 Å². The number of aliphatic hydroxyl groups is 1. The molecule has 0 bridgehead atoms. The first-order valence-electron chi connectivity index (χ1n) is 12.5. The lowest BCUT2D eigenvalue weighted by molar-refractivity contribution is -0.132. The van der Waals surface area contributed by atoms with Crippen molar-refractivity contribution in [1.29, 1.82) is 0 Å². The first-order chi connectivity index (χ1) is 18.7. The summed E-state index contributed by atoms with van der Waals surface area (Å²) < 4.78 is 16.1. The highest BCUT2D eigenvalue weighted by Crippen LogP contribution is 2.44. The molecule has 10 heteroatoms. The largest absolute Gasteiger partial charge is 0.507 e. The third kappa shape index (κ3) is 5.37. The maximum absolute atomic E-state index is 13.5. The Kier molecular flexibility index (Phi) is 8.35. The number of carbonyl (C=O) groups excluding carboxylic acids is 3. The molecule has 1 aliphatic heterocycles. The topological polar surface area (TPSA) is 115 Å². The van der Waals surface area contributed by atoms with Gasteiger partial charge in [0.2, 0.25) is 0 Å². The van der Waals surface area contributed by atoms with Gasteiger partial charge in [0, 0.05) is 5.56 Å². The van der Waals surface area contributed by atoms with E-state index in [0.29, 0.717) is 34.9 Å². The van der Waals surface area contributed by atoms with Crippen LogP contribution in [-0.4, -0.2) is 48.1 Å². The van der Waals surface area contributed by atoms with Gasteiger partial charge in [-0.15, -0.1) is 0 Å². The number of aryl methyl sites for hydroxylation is 2. The number of hydrogen-bond acceptors (Lipinski definition) is 9. The molecular formula is C29H30N2O7S. The van der Waals surface area contributed by atoms with Gasteiger partial charge in [-0.05, 0) is 68.7 Å². The van der Waals surface area contributed by atoms with Crippen LogP contribution in [0.2, 0.25) is 0 Å². The molecule has 39 heavy (non-hydrogen) atoms. The Bertz CT molecular complexity index is 1440. The number of ketones is 1. The van der Waals surface area contributed by atoms with Gasteiger partial charge < -0.3 is 19.3 Å². The Morgan fingerprint density at radius 1 is 1.10 bits per heavy atom. The quantitative estimate of drug-likeness (QED) is 0.164. The highest BCUT2D eigenvalue weighted by Gasteiger charge is 2.48. The minimum Gasteiger partial charge on any atom is -0.507 e. The summed E-state index contributed by atoms with van der Waals surface area (Å²) in [7, 11) is 1.53. The van der Waals surface area contributed by atoms with Crippen molar-refractivity contribution in [3.8, 4) is 11.5 Å². The van der Waals surface area contributed by atoms with Gasteiger partial charge in [-0.2, -0.15) is 0 Å². The number of esters is 1. The van der Waals surface area contributed by atoms with Crippen LogP contribution < -0.4 is 14.4 Å². The van der Waals surface area contributed by atoms with Gasteiger partial charge in [0.1, 0.15) is 22.1 Å². The number of ether oxygens (including phenoxy) is 3. The fourth-order valence-corrected chi connectivity index (χ4v) is 5.32. The Balaban J connectivity index is 1.87. The molecule has 0 radical (unpaired) electrons. The third-order valence-corrected chi connectivity index (χ3v) is 7.37.